The lowest BCUT2D eigenvalue weighted by molar-refractivity contribution is -0.386. The molecule has 1 amide bonds. The van der Waals surface area contributed by atoms with Crippen LogP contribution in [0.25, 0.3) is 0 Å². The van der Waals surface area contributed by atoms with Crippen molar-refractivity contribution in [3.8, 4) is 11.6 Å². The zero-order valence-corrected chi connectivity index (χ0v) is 19.5. The molecule has 0 aromatic carbocycles. The lowest BCUT2D eigenvalue weighted by atomic mass is 10.0. The van der Waals surface area contributed by atoms with Crippen molar-refractivity contribution in [2.45, 2.75) is 45.3 Å². The van der Waals surface area contributed by atoms with Gasteiger partial charge in [-0.1, -0.05) is 0 Å². The summed E-state index contributed by atoms with van der Waals surface area (Å²) in [5, 5.41) is 11.3. The van der Waals surface area contributed by atoms with Crippen LogP contribution in [0.4, 0.5) is 16.3 Å². The van der Waals surface area contributed by atoms with Crippen LogP contribution in [0.3, 0.4) is 0 Å². The van der Waals surface area contributed by atoms with Gasteiger partial charge in [0, 0.05) is 45.3 Å². The number of rotatable bonds is 5. The van der Waals surface area contributed by atoms with Crippen LogP contribution in [0, 0.1) is 10.1 Å². The first kappa shape index (κ1) is 23.8. The number of carbonyl (C=O) groups is 1. The first-order chi connectivity index (χ1) is 15.1. The van der Waals surface area contributed by atoms with Gasteiger partial charge in [-0.05, 0) is 33.6 Å². The number of nitro groups is 1. The highest BCUT2D eigenvalue weighted by Crippen LogP contribution is 2.37. The molecule has 11 nitrogen and oxygen atoms in total. The third-order valence-corrected chi connectivity index (χ3v) is 5.77. The van der Waals surface area contributed by atoms with Crippen LogP contribution in [0.1, 0.15) is 33.6 Å². The van der Waals surface area contributed by atoms with Crippen LogP contribution in [0.5, 0.6) is 11.6 Å². The summed E-state index contributed by atoms with van der Waals surface area (Å²) in [4.78, 5) is 33.7. The third kappa shape index (κ3) is 5.50. The smallest absolute Gasteiger partial charge is 0.410 e. The Morgan fingerprint density at radius 1 is 1.09 bits per heavy atom. The third-order valence-electron chi connectivity index (χ3n) is 5.77. The minimum absolute atomic E-state index is 0.0220. The molecular weight excluding hydrogens is 418 g/mol. The Balaban J connectivity index is 1.58. The molecule has 178 valence electrons. The number of pyridine rings is 1. The average molecular weight is 452 g/mol. The molecule has 0 atom stereocenters. The molecule has 2 saturated heterocycles. The number of nitrogens with zero attached hydrogens (tertiary/aromatic N) is 5. The van der Waals surface area contributed by atoms with Crippen molar-refractivity contribution in [1.82, 2.24) is 14.8 Å². The van der Waals surface area contributed by atoms with Crippen LogP contribution in [0.2, 0.25) is 0 Å². The number of ether oxygens (including phenoxy) is 3. The Morgan fingerprint density at radius 3 is 2.22 bits per heavy atom. The van der Waals surface area contributed by atoms with Crippen LogP contribution < -0.4 is 14.4 Å². The molecule has 3 heterocycles. The van der Waals surface area contributed by atoms with Gasteiger partial charge < -0.3 is 24.0 Å². The van der Waals surface area contributed by atoms with E-state index >= 15 is 0 Å². The highest BCUT2D eigenvalue weighted by Gasteiger charge is 2.32. The standard InChI is InChI=1S/C21H33N5O6/c1-21(2,3)32-20(27)25-12-10-23(11-13-25)15-6-8-24(9-7-15)18-17(30-4)14-16(26(28)29)19(22-18)31-5/h14-15H,6-13H2,1-5H3. The van der Waals surface area contributed by atoms with Crippen LogP contribution in [-0.4, -0.2) is 90.9 Å². The van der Waals surface area contributed by atoms with Gasteiger partial charge in [0.15, 0.2) is 11.6 Å². The van der Waals surface area contributed by atoms with E-state index in [4.69, 9.17) is 14.2 Å². The predicted octanol–water partition coefficient (Wildman–Crippen LogP) is 2.53. The van der Waals surface area contributed by atoms with E-state index in [0.717, 1.165) is 39.0 Å². The quantitative estimate of drug-likeness (QED) is 0.492. The Morgan fingerprint density at radius 2 is 1.72 bits per heavy atom. The van der Waals surface area contributed by atoms with Gasteiger partial charge in [0.1, 0.15) is 5.60 Å². The van der Waals surface area contributed by atoms with Crippen molar-refractivity contribution in [1.29, 1.82) is 0 Å². The number of anilines is 1. The number of carbonyl (C=O) groups excluding carboxylic acids is 1. The van der Waals surface area contributed by atoms with E-state index in [1.165, 1.54) is 20.3 Å². The van der Waals surface area contributed by atoms with Gasteiger partial charge >= 0.3 is 11.8 Å². The second-order valence-electron chi connectivity index (χ2n) is 9.02. The lowest BCUT2D eigenvalue weighted by Gasteiger charge is -2.43. The van der Waals surface area contributed by atoms with E-state index in [-0.39, 0.29) is 17.7 Å². The summed E-state index contributed by atoms with van der Waals surface area (Å²) in [6, 6.07) is 1.78. The van der Waals surface area contributed by atoms with Crippen LogP contribution in [0.15, 0.2) is 6.07 Å². The summed E-state index contributed by atoms with van der Waals surface area (Å²) in [6.07, 6.45) is 1.60. The van der Waals surface area contributed by atoms with Gasteiger partial charge in [-0.25, -0.2) is 4.79 Å². The van der Waals surface area contributed by atoms with Gasteiger partial charge in [0.2, 0.25) is 0 Å². The van der Waals surface area contributed by atoms with Gasteiger partial charge in [0.25, 0.3) is 5.88 Å². The molecule has 3 rings (SSSR count). The van der Waals surface area contributed by atoms with Crippen molar-refractivity contribution in [2.75, 3.05) is 58.4 Å². The van der Waals surface area contributed by atoms with E-state index in [1.54, 1.807) is 4.90 Å². The van der Waals surface area contributed by atoms with Gasteiger partial charge in [-0.15, -0.1) is 0 Å². The summed E-state index contributed by atoms with van der Waals surface area (Å²) in [5.41, 5.74) is -0.706. The molecule has 2 aliphatic heterocycles. The summed E-state index contributed by atoms with van der Waals surface area (Å²) in [5.74, 6) is 0.899. The minimum Gasteiger partial charge on any atom is -0.493 e. The molecule has 2 aliphatic rings. The predicted molar refractivity (Wildman–Crippen MR) is 119 cm³/mol. The lowest BCUT2D eigenvalue weighted by Crippen LogP contribution is -2.55. The van der Waals surface area contributed by atoms with Crippen molar-refractivity contribution >= 4 is 17.6 Å². The zero-order valence-electron chi connectivity index (χ0n) is 19.5. The van der Waals surface area contributed by atoms with E-state index < -0.39 is 10.5 Å². The second-order valence-corrected chi connectivity index (χ2v) is 9.02. The average Bonchev–Trinajstić information content (AvgIpc) is 2.77. The first-order valence-electron chi connectivity index (χ1n) is 10.9. The Bertz CT molecular complexity index is 827. The molecule has 0 radical (unpaired) electrons. The van der Waals surface area contributed by atoms with Gasteiger partial charge in [-0.3, -0.25) is 15.0 Å². The molecule has 1 aromatic rings. The molecule has 32 heavy (non-hydrogen) atoms. The maximum absolute atomic E-state index is 12.3. The van der Waals surface area contributed by atoms with Gasteiger partial charge in [-0.2, -0.15) is 4.98 Å². The largest absolute Gasteiger partial charge is 0.493 e. The van der Waals surface area contributed by atoms with E-state index in [0.29, 0.717) is 30.7 Å². The van der Waals surface area contributed by atoms with E-state index in [9.17, 15) is 14.9 Å². The fourth-order valence-corrected chi connectivity index (χ4v) is 4.16. The minimum atomic E-state index is -0.526. The van der Waals surface area contributed by atoms with Crippen molar-refractivity contribution in [3.63, 3.8) is 0 Å². The van der Waals surface area contributed by atoms with Crippen molar-refractivity contribution in [2.24, 2.45) is 0 Å². The van der Waals surface area contributed by atoms with E-state index in [2.05, 4.69) is 14.8 Å². The number of piperazine rings is 1. The Kier molecular flexibility index (Phi) is 7.27. The topological polar surface area (TPSA) is 111 Å². The molecule has 0 saturated carbocycles. The van der Waals surface area contributed by atoms with E-state index in [1.807, 2.05) is 20.8 Å². The second kappa shape index (κ2) is 9.76. The molecule has 0 spiro atoms. The summed E-state index contributed by atoms with van der Waals surface area (Å²) in [6.45, 7) is 10.1. The SMILES string of the molecule is COc1cc([N+](=O)[O-])c(OC)nc1N1CCC(N2CCN(C(=O)OC(C)(C)C)CC2)CC1. The maximum Gasteiger partial charge on any atom is 0.410 e. The Hall–Kier alpha value is -2.82. The molecule has 0 unspecified atom stereocenters. The normalized spacial score (nSPS) is 18.4. The Labute approximate surface area is 188 Å². The summed E-state index contributed by atoms with van der Waals surface area (Å²) >= 11 is 0. The number of aromatic nitrogens is 1. The fourth-order valence-electron chi connectivity index (χ4n) is 4.16. The molecule has 0 bridgehead atoms. The van der Waals surface area contributed by atoms with Gasteiger partial charge in [0.05, 0.1) is 25.2 Å². The zero-order chi connectivity index (χ0) is 23.5. The molecule has 2 fully saturated rings. The fraction of sp³-hybridized carbons (Fsp3) is 0.714. The van der Waals surface area contributed by atoms with Crippen molar-refractivity contribution < 1.29 is 23.9 Å². The number of hydrogen-bond donors (Lipinski definition) is 0. The summed E-state index contributed by atoms with van der Waals surface area (Å²) < 4.78 is 16.0. The number of hydrogen-bond acceptors (Lipinski definition) is 9. The molecular formula is C21H33N5O6. The first-order valence-corrected chi connectivity index (χ1v) is 10.9. The van der Waals surface area contributed by atoms with Crippen LogP contribution >= 0.6 is 0 Å². The molecule has 11 heteroatoms. The molecule has 0 aliphatic carbocycles. The number of methoxy groups -OCH3 is 2. The highest BCUT2D eigenvalue weighted by molar-refractivity contribution is 5.68. The van der Waals surface area contributed by atoms with Crippen LogP contribution in [-0.2, 0) is 4.74 Å². The van der Waals surface area contributed by atoms with Crippen molar-refractivity contribution in [3.05, 3.63) is 16.2 Å². The molecule has 0 N–H and O–H groups in total. The monoisotopic (exact) mass is 451 g/mol. The summed E-state index contributed by atoms with van der Waals surface area (Å²) in [7, 11) is 2.85. The molecule has 1 aromatic heterocycles. The highest BCUT2D eigenvalue weighted by atomic mass is 16.6. The number of amides is 1. The number of piperidine rings is 1. The maximum atomic E-state index is 12.3.